The molecule has 0 unspecified atom stereocenters. The Morgan fingerprint density at radius 1 is 0.750 bits per heavy atom. The van der Waals surface area contributed by atoms with Gasteiger partial charge in [0.15, 0.2) is 0 Å². The van der Waals surface area contributed by atoms with Gasteiger partial charge in [-0.05, 0) is 12.8 Å². The molecule has 0 saturated carbocycles. The van der Waals surface area contributed by atoms with Gasteiger partial charge in [0, 0.05) is 12.8 Å². The van der Waals surface area contributed by atoms with Crippen LogP contribution in [0, 0.1) is 0 Å². The molecule has 1 radical (unpaired) electrons. The van der Waals surface area contributed by atoms with Crippen molar-refractivity contribution in [1.82, 2.24) is 5.73 Å². The average Bonchev–Trinajstić information content (AvgIpc) is 2.20. The molecule has 3 N–H and O–H groups in total. The minimum atomic E-state index is -0.452. The molecule has 0 aliphatic heterocycles. The van der Waals surface area contributed by atoms with Gasteiger partial charge >= 0.3 is 0 Å². The number of rotatable bonds is 11. The minimum Gasteiger partial charge on any atom is -0.370 e. The summed E-state index contributed by atoms with van der Waals surface area (Å²) in [6.45, 7) is 0. The molecule has 93 valence electrons. The highest BCUT2D eigenvalue weighted by Gasteiger charge is 1.97. The Morgan fingerprint density at radius 3 is 1.50 bits per heavy atom. The van der Waals surface area contributed by atoms with E-state index in [2.05, 4.69) is 0 Å². The Balaban J connectivity index is 2.98. The molecule has 0 saturated heterocycles. The van der Waals surface area contributed by atoms with E-state index in [-0.39, 0.29) is 5.91 Å². The number of nitrogens with one attached hydrogen (secondary N) is 1. The van der Waals surface area contributed by atoms with Gasteiger partial charge in [0.1, 0.15) is 0 Å². The van der Waals surface area contributed by atoms with Crippen molar-refractivity contribution in [3.05, 3.63) is 0 Å². The summed E-state index contributed by atoms with van der Waals surface area (Å²) in [5, 5.41) is 0. The molecule has 4 nitrogen and oxygen atoms in total. The Hall–Kier alpha value is -1.06. The molecule has 0 heterocycles. The monoisotopic (exact) mass is 227 g/mol. The maximum absolute atomic E-state index is 10.4. The van der Waals surface area contributed by atoms with Crippen molar-refractivity contribution in [1.29, 1.82) is 0 Å². The molecular weight excluding hydrogens is 204 g/mol. The van der Waals surface area contributed by atoms with Crippen molar-refractivity contribution in [2.24, 2.45) is 5.73 Å². The number of hydrogen-bond acceptors (Lipinski definition) is 2. The summed E-state index contributed by atoms with van der Waals surface area (Å²) >= 11 is 0. The van der Waals surface area contributed by atoms with Gasteiger partial charge in [-0.25, -0.2) is 0 Å². The third-order valence-electron chi connectivity index (χ3n) is 2.58. The van der Waals surface area contributed by atoms with Gasteiger partial charge in [0.05, 0.1) is 0 Å². The standard InChI is InChI=1S/C12H23N2O2/c13-11(15)9-7-5-3-1-2-4-6-8-10-12(14)16/h13H,1-10H2,(H2,14,16). The fourth-order valence-corrected chi connectivity index (χ4v) is 1.65. The first kappa shape index (κ1) is 14.9. The van der Waals surface area contributed by atoms with Crippen molar-refractivity contribution in [2.75, 3.05) is 0 Å². The molecule has 0 aromatic carbocycles. The van der Waals surface area contributed by atoms with E-state index in [4.69, 9.17) is 11.5 Å². The predicted octanol–water partition coefficient (Wildman–Crippen LogP) is 2.18. The van der Waals surface area contributed by atoms with Crippen molar-refractivity contribution >= 4 is 11.8 Å². The zero-order valence-corrected chi connectivity index (χ0v) is 9.96. The number of carbonyl (C=O) groups is 2. The van der Waals surface area contributed by atoms with E-state index >= 15 is 0 Å². The second-order valence-corrected chi connectivity index (χ2v) is 4.22. The van der Waals surface area contributed by atoms with Crippen molar-refractivity contribution in [2.45, 2.75) is 64.2 Å². The number of nitrogens with two attached hydrogens (primary N) is 1. The van der Waals surface area contributed by atoms with E-state index in [0.717, 1.165) is 38.5 Å². The van der Waals surface area contributed by atoms with Crippen LogP contribution in [0.25, 0.3) is 0 Å². The normalized spacial score (nSPS) is 10.2. The lowest BCUT2D eigenvalue weighted by atomic mass is 10.1. The molecule has 0 aromatic heterocycles. The Labute approximate surface area is 97.8 Å². The van der Waals surface area contributed by atoms with Gasteiger partial charge in [-0.3, -0.25) is 15.3 Å². The molecule has 0 rings (SSSR count). The fourth-order valence-electron chi connectivity index (χ4n) is 1.65. The topological polar surface area (TPSA) is 84.0 Å². The van der Waals surface area contributed by atoms with E-state index < -0.39 is 5.91 Å². The molecule has 0 aliphatic rings. The van der Waals surface area contributed by atoms with Crippen LogP contribution >= 0.6 is 0 Å². The van der Waals surface area contributed by atoms with Gasteiger partial charge in [-0.15, -0.1) is 0 Å². The third kappa shape index (κ3) is 12.9. The van der Waals surface area contributed by atoms with E-state index in [9.17, 15) is 9.59 Å². The molecule has 0 aliphatic carbocycles. The van der Waals surface area contributed by atoms with Crippen LogP contribution in [-0.2, 0) is 9.59 Å². The van der Waals surface area contributed by atoms with E-state index in [1.54, 1.807) is 0 Å². The second kappa shape index (κ2) is 10.5. The zero-order valence-electron chi connectivity index (χ0n) is 9.96. The Bertz CT molecular complexity index is 183. The molecule has 0 aromatic rings. The maximum atomic E-state index is 10.4. The third-order valence-corrected chi connectivity index (χ3v) is 2.58. The second-order valence-electron chi connectivity index (χ2n) is 4.22. The van der Waals surface area contributed by atoms with Gasteiger partial charge in [-0.1, -0.05) is 38.5 Å². The van der Waals surface area contributed by atoms with E-state index in [0.29, 0.717) is 12.8 Å². The van der Waals surface area contributed by atoms with Crippen LogP contribution in [0.3, 0.4) is 0 Å². The first-order chi connectivity index (χ1) is 7.63. The van der Waals surface area contributed by atoms with Crippen LogP contribution in [-0.4, -0.2) is 11.8 Å². The van der Waals surface area contributed by atoms with Gasteiger partial charge in [-0.2, -0.15) is 0 Å². The molecule has 2 amide bonds. The SMILES string of the molecule is [NH]C(=O)CCCCCCCCCCC(N)=O. The first-order valence-electron chi connectivity index (χ1n) is 6.15. The Kier molecular flexibility index (Phi) is 9.76. The van der Waals surface area contributed by atoms with Gasteiger partial charge < -0.3 is 5.73 Å². The molecule has 0 spiro atoms. The van der Waals surface area contributed by atoms with Crippen LogP contribution in [0.1, 0.15) is 64.2 Å². The number of primary amides is 1. The molecule has 16 heavy (non-hydrogen) atoms. The van der Waals surface area contributed by atoms with Crippen LogP contribution in [0.4, 0.5) is 0 Å². The summed E-state index contributed by atoms with van der Waals surface area (Å²) in [4.78, 5) is 20.8. The first-order valence-corrected chi connectivity index (χ1v) is 6.15. The number of hydrogen-bond donors (Lipinski definition) is 1. The summed E-state index contributed by atoms with van der Waals surface area (Å²) in [5.74, 6) is -0.661. The maximum Gasteiger partial charge on any atom is 0.238 e. The lowest BCUT2D eigenvalue weighted by Gasteiger charge is -2.00. The van der Waals surface area contributed by atoms with E-state index in [1.807, 2.05) is 0 Å². The number of carbonyl (C=O) groups excluding carboxylic acids is 2. The minimum absolute atomic E-state index is 0.208. The van der Waals surface area contributed by atoms with Crippen LogP contribution in [0.15, 0.2) is 0 Å². The van der Waals surface area contributed by atoms with Crippen molar-refractivity contribution in [3.63, 3.8) is 0 Å². The van der Waals surface area contributed by atoms with Crippen molar-refractivity contribution < 1.29 is 9.59 Å². The molecular formula is C12H23N2O2. The molecule has 4 heteroatoms. The largest absolute Gasteiger partial charge is 0.370 e. The average molecular weight is 227 g/mol. The summed E-state index contributed by atoms with van der Waals surface area (Å²) < 4.78 is 0. The highest BCUT2D eigenvalue weighted by molar-refractivity contribution is 5.73. The van der Waals surface area contributed by atoms with Gasteiger partial charge in [0.25, 0.3) is 0 Å². The van der Waals surface area contributed by atoms with Crippen LogP contribution in [0.2, 0.25) is 0 Å². The van der Waals surface area contributed by atoms with E-state index in [1.165, 1.54) is 12.8 Å². The number of amides is 2. The van der Waals surface area contributed by atoms with Gasteiger partial charge in [0.2, 0.25) is 11.8 Å². The molecule has 0 fully saturated rings. The quantitative estimate of drug-likeness (QED) is 0.549. The zero-order chi connectivity index (χ0) is 12.2. The smallest absolute Gasteiger partial charge is 0.238 e. The Morgan fingerprint density at radius 2 is 1.12 bits per heavy atom. The summed E-state index contributed by atoms with van der Waals surface area (Å²) in [6, 6.07) is 0. The molecule has 0 bridgehead atoms. The fraction of sp³-hybridized carbons (Fsp3) is 0.833. The van der Waals surface area contributed by atoms with Crippen LogP contribution < -0.4 is 11.5 Å². The lowest BCUT2D eigenvalue weighted by Crippen LogP contribution is -2.09. The predicted molar refractivity (Wildman–Crippen MR) is 63.5 cm³/mol. The summed E-state index contributed by atoms with van der Waals surface area (Å²) in [7, 11) is 0. The lowest BCUT2D eigenvalue weighted by molar-refractivity contribution is -0.119. The number of unbranched alkanes of at least 4 members (excludes halogenated alkanes) is 7. The highest BCUT2D eigenvalue weighted by Crippen LogP contribution is 2.10. The summed E-state index contributed by atoms with van der Waals surface area (Å²) in [6.07, 6.45) is 9.46. The van der Waals surface area contributed by atoms with Crippen LogP contribution in [0.5, 0.6) is 0 Å². The molecule has 0 atom stereocenters. The van der Waals surface area contributed by atoms with Crippen molar-refractivity contribution in [3.8, 4) is 0 Å². The highest BCUT2D eigenvalue weighted by atomic mass is 16.1. The summed E-state index contributed by atoms with van der Waals surface area (Å²) in [5.41, 5.74) is 11.8.